The van der Waals surface area contributed by atoms with Crippen LogP contribution in [0.3, 0.4) is 0 Å². The van der Waals surface area contributed by atoms with Gasteiger partial charge in [0.05, 0.1) is 18.2 Å². The van der Waals surface area contributed by atoms with Gasteiger partial charge in [-0.05, 0) is 13.3 Å². The van der Waals surface area contributed by atoms with Crippen molar-refractivity contribution < 1.29 is 9.59 Å². The predicted octanol–water partition coefficient (Wildman–Crippen LogP) is -0.250. The molecule has 1 aliphatic rings. The molecule has 7 heteroatoms. The fourth-order valence-electron chi connectivity index (χ4n) is 2.31. The van der Waals surface area contributed by atoms with Crippen LogP contribution in [0.4, 0.5) is 4.79 Å². The zero-order valence-electron chi connectivity index (χ0n) is 12.3. The number of hydrogen-bond donors (Lipinski definition) is 2. The molecule has 3 amide bonds. The smallest absolute Gasteiger partial charge is 0.321 e. The van der Waals surface area contributed by atoms with Gasteiger partial charge in [0.25, 0.3) is 0 Å². The van der Waals surface area contributed by atoms with Gasteiger partial charge >= 0.3 is 6.03 Å². The summed E-state index contributed by atoms with van der Waals surface area (Å²) in [4.78, 5) is 27.1. The van der Waals surface area contributed by atoms with Crippen LogP contribution in [0.15, 0.2) is 0 Å². The van der Waals surface area contributed by atoms with Gasteiger partial charge < -0.3 is 5.32 Å². The number of nitrogens with one attached hydrogen (secondary N) is 2. The van der Waals surface area contributed by atoms with Gasteiger partial charge in [-0.25, -0.2) is 4.79 Å². The van der Waals surface area contributed by atoms with E-state index in [-0.39, 0.29) is 18.0 Å². The molecular weight excluding hydrogens is 258 g/mol. The molecule has 0 bridgehead atoms. The van der Waals surface area contributed by atoms with E-state index in [0.29, 0.717) is 0 Å². The Balaban J connectivity index is 2.46. The van der Waals surface area contributed by atoms with Gasteiger partial charge in [-0.3, -0.25) is 19.9 Å². The minimum atomic E-state index is -0.490. The number of nitriles is 1. The zero-order valence-corrected chi connectivity index (χ0v) is 12.3. The molecule has 1 rings (SSSR count). The molecule has 0 aromatic heterocycles. The van der Waals surface area contributed by atoms with Crippen LogP contribution in [0.2, 0.25) is 0 Å². The largest absolute Gasteiger partial charge is 0.341 e. The maximum absolute atomic E-state index is 11.9. The molecular formula is C13H23N5O2. The number of amides is 3. The highest BCUT2D eigenvalue weighted by Crippen LogP contribution is 2.11. The van der Waals surface area contributed by atoms with Crippen molar-refractivity contribution in [2.75, 3.05) is 33.2 Å². The molecule has 0 saturated carbocycles. The molecule has 0 spiro atoms. The quantitative estimate of drug-likeness (QED) is 0.742. The first-order valence-corrected chi connectivity index (χ1v) is 6.93. The second-order valence-corrected chi connectivity index (χ2v) is 4.87. The Morgan fingerprint density at radius 3 is 2.25 bits per heavy atom. The van der Waals surface area contributed by atoms with Crippen LogP contribution in [0.5, 0.6) is 0 Å². The number of carbonyl (C=O) groups is 2. The van der Waals surface area contributed by atoms with E-state index in [1.165, 1.54) is 7.05 Å². The lowest BCUT2D eigenvalue weighted by Crippen LogP contribution is -2.56. The predicted molar refractivity (Wildman–Crippen MR) is 74.9 cm³/mol. The van der Waals surface area contributed by atoms with Crippen molar-refractivity contribution in [3.8, 4) is 6.07 Å². The van der Waals surface area contributed by atoms with E-state index in [2.05, 4.69) is 21.6 Å². The maximum atomic E-state index is 11.9. The summed E-state index contributed by atoms with van der Waals surface area (Å²) in [5.41, 5.74) is 0. The topological polar surface area (TPSA) is 88.5 Å². The van der Waals surface area contributed by atoms with Crippen LogP contribution in [-0.4, -0.2) is 67.0 Å². The number of rotatable bonds is 4. The summed E-state index contributed by atoms with van der Waals surface area (Å²) in [6.07, 6.45) is 0.809. The lowest BCUT2D eigenvalue weighted by atomic mass is 10.1. The van der Waals surface area contributed by atoms with E-state index >= 15 is 0 Å². The zero-order chi connectivity index (χ0) is 15.1. The van der Waals surface area contributed by atoms with Gasteiger partial charge in [0.1, 0.15) is 0 Å². The molecule has 1 heterocycles. The Morgan fingerprint density at radius 2 is 1.80 bits per heavy atom. The molecule has 20 heavy (non-hydrogen) atoms. The van der Waals surface area contributed by atoms with E-state index in [4.69, 9.17) is 5.26 Å². The molecule has 1 fully saturated rings. The Kier molecular flexibility index (Phi) is 6.42. The normalized spacial score (nSPS) is 19.7. The first kappa shape index (κ1) is 16.4. The number of piperazine rings is 1. The Morgan fingerprint density at radius 1 is 1.25 bits per heavy atom. The average molecular weight is 281 g/mol. The van der Waals surface area contributed by atoms with Crippen molar-refractivity contribution in [1.82, 2.24) is 20.4 Å². The van der Waals surface area contributed by atoms with Gasteiger partial charge in [-0.15, -0.1) is 0 Å². The minimum Gasteiger partial charge on any atom is -0.341 e. The molecule has 0 aromatic carbocycles. The minimum absolute atomic E-state index is 0.0489. The highest BCUT2D eigenvalue weighted by molar-refractivity contribution is 5.96. The molecule has 0 aromatic rings. The highest BCUT2D eigenvalue weighted by Gasteiger charge is 2.28. The molecule has 2 unspecified atom stereocenters. The monoisotopic (exact) mass is 281 g/mol. The van der Waals surface area contributed by atoms with E-state index in [1.807, 2.05) is 11.8 Å². The fraction of sp³-hybridized carbons (Fsp3) is 0.769. The van der Waals surface area contributed by atoms with Crippen molar-refractivity contribution in [3.05, 3.63) is 0 Å². The van der Waals surface area contributed by atoms with E-state index in [1.54, 1.807) is 6.92 Å². The second-order valence-electron chi connectivity index (χ2n) is 4.87. The molecule has 2 atom stereocenters. The van der Waals surface area contributed by atoms with Gasteiger partial charge in [0.15, 0.2) is 0 Å². The first-order chi connectivity index (χ1) is 9.53. The fourth-order valence-corrected chi connectivity index (χ4v) is 2.31. The molecule has 112 valence electrons. The Hall–Kier alpha value is -1.65. The van der Waals surface area contributed by atoms with E-state index < -0.39 is 6.03 Å². The number of nitrogens with zero attached hydrogens (tertiary/aromatic N) is 3. The Labute approximate surface area is 119 Å². The summed E-state index contributed by atoms with van der Waals surface area (Å²) in [5.74, 6) is -0.301. The highest BCUT2D eigenvalue weighted by atomic mass is 16.2. The number of carbonyl (C=O) groups excluding carboxylic acids is 2. The second kappa shape index (κ2) is 7.82. The molecule has 7 nitrogen and oxygen atoms in total. The lowest BCUT2D eigenvalue weighted by molar-refractivity contribution is -0.125. The van der Waals surface area contributed by atoms with Gasteiger partial charge in [0.2, 0.25) is 5.91 Å². The van der Waals surface area contributed by atoms with Crippen molar-refractivity contribution in [3.63, 3.8) is 0 Å². The maximum Gasteiger partial charge on any atom is 0.321 e. The molecule has 2 N–H and O–H groups in total. The Bertz CT molecular complexity index is 385. The third kappa shape index (κ3) is 4.18. The number of hydrogen-bond acceptors (Lipinski definition) is 5. The van der Waals surface area contributed by atoms with Crippen LogP contribution in [-0.2, 0) is 4.79 Å². The van der Waals surface area contributed by atoms with E-state index in [0.717, 1.165) is 32.6 Å². The van der Waals surface area contributed by atoms with Crippen LogP contribution < -0.4 is 10.6 Å². The third-order valence-corrected chi connectivity index (χ3v) is 3.72. The third-order valence-electron chi connectivity index (χ3n) is 3.72. The molecule has 0 radical (unpaired) electrons. The molecule has 1 saturated heterocycles. The SMILES string of the molecule is CCC(C#N)N1CCN(C(C)C(=O)NC(=O)NC)CC1. The van der Waals surface area contributed by atoms with Crippen molar-refractivity contribution in [1.29, 1.82) is 5.26 Å². The van der Waals surface area contributed by atoms with Crippen LogP contribution in [0.1, 0.15) is 20.3 Å². The lowest BCUT2D eigenvalue weighted by Gasteiger charge is -2.38. The van der Waals surface area contributed by atoms with Crippen LogP contribution >= 0.6 is 0 Å². The van der Waals surface area contributed by atoms with Crippen molar-refractivity contribution >= 4 is 11.9 Å². The van der Waals surface area contributed by atoms with Gasteiger partial charge in [-0.1, -0.05) is 6.92 Å². The van der Waals surface area contributed by atoms with Crippen LogP contribution in [0, 0.1) is 11.3 Å². The van der Waals surface area contributed by atoms with E-state index in [9.17, 15) is 9.59 Å². The average Bonchev–Trinajstić information content (AvgIpc) is 2.48. The van der Waals surface area contributed by atoms with Crippen molar-refractivity contribution in [2.24, 2.45) is 0 Å². The molecule has 0 aliphatic carbocycles. The standard InChI is InChI=1S/C13H23N5O2/c1-4-11(9-14)18-7-5-17(6-8-18)10(2)12(19)16-13(20)15-3/h10-11H,4-8H2,1-3H3,(H2,15,16,19,20). The summed E-state index contributed by atoms with van der Waals surface area (Å²) in [7, 11) is 1.47. The summed E-state index contributed by atoms with van der Waals surface area (Å²) < 4.78 is 0. The van der Waals surface area contributed by atoms with Crippen LogP contribution in [0.25, 0.3) is 0 Å². The summed E-state index contributed by atoms with van der Waals surface area (Å²) >= 11 is 0. The van der Waals surface area contributed by atoms with Gasteiger partial charge in [0, 0.05) is 33.2 Å². The summed E-state index contributed by atoms with van der Waals surface area (Å²) in [6, 6.07) is 1.41. The van der Waals surface area contributed by atoms with Gasteiger partial charge in [-0.2, -0.15) is 5.26 Å². The number of imide groups is 1. The summed E-state index contributed by atoms with van der Waals surface area (Å²) in [6.45, 7) is 6.77. The first-order valence-electron chi connectivity index (χ1n) is 6.93. The van der Waals surface area contributed by atoms with Crippen molar-refractivity contribution in [2.45, 2.75) is 32.4 Å². The summed E-state index contributed by atoms with van der Waals surface area (Å²) in [5, 5.41) is 13.7. The number of urea groups is 1. The molecule has 1 aliphatic heterocycles.